The van der Waals surface area contributed by atoms with Gasteiger partial charge in [0.2, 0.25) is 5.91 Å². The highest BCUT2D eigenvalue weighted by Crippen LogP contribution is 2.07. The third-order valence-electron chi connectivity index (χ3n) is 2.89. The summed E-state index contributed by atoms with van der Waals surface area (Å²) in [6.45, 7) is 8.18. The molecule has 1 saturated heterocycles. The van der Waals surface area contributed by atoms with Crippen LogP contribution < -0.4 is 5.32 Å². The number of unbranched alkanes of at least 4 members (excludes halogenated alkanes) is 1. The number of nitrogens with one attached hydrogen (secondary N) is 1. The first-order valence-corrected chi connectivity index (χ1v) is 7.66. The third-order valence-corrected chi connectivity index (χ3v) is 3.83. The molecule has 1 aliphatic heterocycles. The van der Waals surface area contributed by atoms with E-state index in [0.717, 1.165) is 18.7 Å². The Morgan fingerprint density at radius 2 is 2.12 bits per heavy atom. The molecule has 0 atom stereocenters. The van der Waals surface area contributed by atoms with Crippen molar-refractivity contribution in [3.8, 4) is 0 Å². The Morgan fingerprint density at radius 3 is 2.82 bits per heavy atom. The summed E-state index contributed by atoms with van der Waals surface area (Å²) in [4.78, 5) is 13.9. The molecule has 1 fully saturated rings. The molecule has 0 aromatic heterocycles. The Balaban J connectivity index is 1.85. The molecular weight excluding hydrogens is 232 g/mol. The summed E-state index contributed by atoms with van der Waals surface area (Å²) in [6, 6.07) is 0. The van der Waals surface area contributed by atoms with Gasteiger partial charge >= 0.3 is 0 Å². The molecule has 1 rings (SSSR count). The van der Waals surface area contributed by atoms with Gasteiger partial charge < -0.3 is 10.2 Å². The minimum Gasteiger partial charge on any atom is -0.355 e. The number of rotatable bonds is 9. The van der Waals surface area contributed by atoms with Crippen molar-refractivity contribution in [2.24, 2.45) is 0 Å². The van der Waals surface area contributed by atoms with Gasteiger partial charge in [-0.25, -0.2) is 0 Å². The Bertz CT molecular complexity index is 227. The second kappa shape index (κ2) is 9.54. The zero-order valence-corrected chi connectivity index (χ0v) is 11.4. The van der Waals surface area contributed by atoms with Crippen LogP contribution in [0.4, 0.5) is 0 Å². The van der Waals surface area contributed by atoms with E-state index in [1.165, 1.54) is 38.9 Å². The van der Waals surface area contributed by atoms with Crippen LogP contribution in [0.25, 0.3) is 0 Å². The zero-order chi connectivity index (χ0) is 12.3. The van der Waals surface area contributed by atoms with Gasteiger partial charge in [-0.05, 0) is 45.3 Å². The van der Waals surface area contributed by atoms with Crippen molar-refractivity contribution in [2.45, 2.75) is 25.7 Å². The molecule has 4 heteroatoms. The van der Waals surface area contributed by atoms with E-state index in [-0.39, 0.29) is 5.91 Å². The van der Waals surface area contributed by atoms with Gasteiger partial charge in [-0.3, -0.25) is 4.79 Å². The number of nitrogens with zero attached hydrogens (tertiary/aromatic N) is 1. The molecule has 0 spiro atoms. The van der Waals surface area contributed by atoms with Crippen LogP contribution in [0, 0.1) is 0 Å². The number of carbonyl (C=O) groups excluding carboxylic acids is 1. The second-order valence-electron chi connectivity index (χ2n) is 4.41. The number of carbonyl (C=O) groups is 1. The lowest BCUT2D eigenvalue weighted by molar-refractivity contribution is -0.118. The van der Waals surface area contributed by atoms with Crippen LogP contribution >= 0.6 is 11.8 Å². The highest BCUT2D eigenvalue weighted by atomic mass is 32.2. The summed E-state index contributed by atoms with van der Waals surface area (Å²) in [7, 11) is 0. The van der Waals surface area contributed by atoms with Crippen LogP contribution in [0.1, 0.15) is 25.7 Å². The molecule has 1 amide bonds. The van der Waals surface area contributed by atoms with Crippen molar-refractivity contribution >= 4 is 17.7 Å². The molecule has 0 radical (unpaired) electrons. The number of thioether (sulfide) groups is 1. The Labute approximate surface area is 109 Å². The SMILES string of the molecule is C=CCSCC(=O)NCCCCN1CCCC1. The second-order valence-corrected chi connectivity index (χ2v) is 5.44. The largest absolute Gasteiger partial charge is 0.355 e. The molecule has 17 heavy (non-hydrogen) atoms. The lowest BCUT2D eigenvalue weighted by atomic mass is 10.3. The highest BCUT2D eigenvalue weighted by Gasteiger charge is 2.10. The molecule has 0 unspecified atom stereocenters. The van der Waals surface area contributed by atoms with Crippen molar-refractivity contribution < 1.29 is 4.79 Å². The summed E-state index contributed by atoms with van der Waals surface area (Å²) in [5.41, 5.74) is 0. The summed E-state index contributed by atoms with van der Waals surface area (Å²) in [5.74, 6) is 1.55. The van der Waals surface area contributed by atoms with E-state index in [0.29, 0.717) is 5.75 Å². The van der Waals surface area contributed by atoms with Gasteiger partial charge in [0.15, 0.2) is 0 Å². The predicted molar refractivity (Wildman–Crippen MR) is 75.4 cm³/mol. The Hall–Kier alpha value is -0.480. The average molecular weight is 256 g/mol. The first kappa shape index (κ1) is 14.6. The Kier molecular flexibility index (Phi) is 8.18. The van der Waals surface area contributed by atoms with E-state index >= 15 is 0 Å². The van der Waals surface area contributed by atoms with Crippen molar-refractivity contribution in [2.75, 3.05) is 37.7 Å². The van der Waals surface area contributed by atoms with Crippen LogP contribution in [0.3, 0.4) is 0 Å². The fourth-order valence-corrected chi connectivity index (χ4v) is 2.55. The number of hydrogen-bond acceptors (Lipinski definition) is 3. The van der Waals surface area contributed by atoms with E-state index in [1.54, 1.807) is 11.8 Å². The molecule has 0 aliphatic carbocycles. The number of amides is 1. The first-order valence-electron chi connectivity index (χ1n) is 6.50. The van der Waals surface area contributed by atoms with E-state index in [9.17, 15) is 4.79 Å². The maximum atomic E-state index is 11.4. The van der Waals surface area contributed by atoms with Gasteiger partial charge in [-0.1, -0.05) is 6.08 Å². The van der Waals surface area contributed by atoms with Gasteiger partial charge in [0.1, 0.15) is 0 Å². The lowest BCUT2D eigenvalue weighted by Gasteiger charge is -2.13. The highest BCUT2D eigenvalue weighted by molar-refractivity contribution is 8.00. The third kappa shape index (κ3) is 7.45. The monoisotopic (exact) mass is 256 g/mol. The van der Waals surface area contributed by atoms with Gasteiger partial charge in [-0.2, -0.15) is 0 Å². The number of likely N-dealkylation sites (tertiary alicyclic amines) is 1. The van der Waals surface area contributed by atoms with Crippen LogP contribution in [0.5, 0.6) is 0 Å². The predicted octanol–water partition coefficient (Wildman–Crippen LogP) is 1.90. The number of hydrogen-bond donors (Lipinski definition) is 1. The summed E-state index contributed by atoms with van der Waals surface area (Å²) >= 11 is 1.61. The van der Waals surface area contributed by atoms with Crippen molar-refractivity contribution in [1.82, 2.24) is 10.2 Å². The van der Waals surface area contributed by atoms with Crippen LogP contribution in [0.2, 0.25) is 0 Å². The van der Waals surface area contributed by atoms with Crippen LogP contribution in [-0.4, -0.2) is 48.5 Å². The summed E-state index contributed by atoms with van der Waals surface area (Å²) < 4.78 is 0. The van der Waals surface area contributed by atoms with Crippen molar-refractivity contribution in [1.29, 1.82) is 0 Å². The smallest absolute Gasteiger partial charge is 0.230 e. The maximum Gasteiger partial charge on any atom is 0.230 e. The molecule has 1 aliphatic rings. The lowest BCUT2D eigenvalue weighted by Crippen LogP contribution is -2.27. The molecule has 98 valence electrons. The molecule has 0 bridgehead atoms. The van der Waals surface area contributed by atoms with Crippen LogP contribution in [-0.2, 0) is 4.79 Å². The molecule has 1 heterocycles. The fourth-order valence-electron chi connectivity index (χ4n) is 1.98. The van der Waals surface area contributed by atoms with Crippen molar-refractivity contribution in [3.05, 3.63) is 12.7 Å². The Morgan fingerprint density at radius 1 is 1.35 bits per heavy atom. The van der Waals surface area contributed by atoms with E-state index in [4.69, 9.17) is 0 Å². The molecule has 0 aromatic rings. The first-order chi connectivity index (χ1) is 8.33. The van der Waals surface area contributed by atoms with Gasteiger partial charge in [0, 0.05) is 12.3 Å². The quantitative estimate of drug-likeness (QED) is 0.505. The maximum absolute atomic E-state index is 11.4. The van der Waals surface area contributed by atoms with E-state index in [2.05, 4.69) is 16.8 Å². The van der Waals surface area contributed by atoms with E-state index in [1.807, 2.05) is 6.08 Å². The van der Waals surface area contributed by atoms with Gasteiger partial charge in [0.25, 0.3) is 0 Å². The minimum atomic E-state index is 0.151. The molecule has 1 N–H and O–H groups in total. The zero-order valence-electron chi connectivity index (χ0n) is 10.6. The molecule has 0 aromatic carbocycles. The van der Waals surface area contributed by atoms with Gasteiger partial charge in [-0.15, -0.1) is 18.3 Å². The molecule has 0 saturated carbocycles. The molecule has 3 nitrogen and oxygen atoms in total. The molecular formula is C13H24N2OS. The summed E-state index contributed by atoms with van der Waals surface area (Å²) in [6.07, 6.45) is 6.83. The minimum absolute atomic E-state index is 0.151. The van der Waals surface area contributed by atoms with Gasteiger partial charge in [0.05, 0.1) is 5.75 Å². The van der Waals surface area contributed by atoms with Crippen LogP contribution in [0.15, 0.2) is 12.7 Å². The van der Waals surface area contributed by atoms with Crippen molar-refractivity contribution in [3.63, 3.8) is 0 Å². The summed E-state index contributed by atoms with van der Waals surface area (Å²) in [5, 5.41) is 2.95. The standard InChI is InChI=1S/C13H24N2OS/c1-2-11-17-12-13(16)14-7-3-4-8-15-9-5-6-10-15/h2H,1,3-12H2,(H,14,16). The normalized spacial score (nSPS) is 16.0. The average Bonchev–Trinajstić information content (AvgIpc) is 2.82. The fraction of sp³-hybridized carbons (Fsp3) is 0.769. The topological polar surface area (TPSA) is 32.3 Å². The van der Waals surface area contributed by atoms with E-state index < -0.39 is 0 Å².